The highest BCUT2D eigenvalue weighted by atomic mass is 35.5. The summed E-state index contributed by atoms with van der Waals surface area (Å²) in [5.41, 5.74) is 1.48. The van der Waals surface area contributed by atoms with Crippen molar-refractivity contribution < 1.29 is 0 Å². The van der Waals surface area contributed by atoms with E-state index in [9.17, 15) is 0 Å². The van der Waals surface area contributed by atoms with E-state index in [-0.39, 0.29) is 0 Å². The van der Waals surface area contributed by atoms with Gasteiger partial charge in [0.1, 0.15) is 6.07 Å². The van der Waals surface area contributed by atoms with Crippen LogP contribution in [0.4, 0.5) is 5.69 Å². The average molecular weight is 237 g/mol. The van der Waals surface area contributed by atoms with E-state index in [1.807, 2.05) is 6.07 Å². The third kappa shape index (κ3) is 4.12. The van der Waals surface area contributed by atoms with Gasteiger partial charge in [-0.1, -0.05) is 25.4 Å². The van der Waals surface area contributed by atoms with E-state index >= 15 is 0 Å². The molecule has 0 bridgehead atoms. The molecule has 0 atom stereocenters. The van der Waals surface area contributed by atoms with Gasteiger partial charge >= 0.3 is 0 Å². The maximum Gasteiger partial charge on any atom is 0.101 e. The van der Waals surface area contributed by atoms with Gasteiger partial charge in [0.05, 0.1) is 11.3 Å². The zero-order chi connectivity index (χ0) is 12.0. The third-order valence-electron chi connectivity index (χ3n) is 2.38. The second kappa shape index (κ2) is 6.40. The fraction of sp³-hybridized carbons (Fsp3) is 0.462. The van der Waals surface area contributed by atoms with Crippen LogP contribution in [0.25, 0.3) is 0 Å². The van der Waals surface area contributed by atoms with Crippen LogP contribution in [0, 0.1) is 17.2 Å². The van der Waals surface area contributed by atoms with Crippen molar-refractivity contribution in [2.24, 2.45) is 5.92 Å². The van der Waals surface area contributed by atoms with E-state index in [1.54, 1.807) is 12.1 Å². The van der Waals surface area contributed by atoms with Gasteiger partial charge < -0.3 is 5.32 Å². The lowest BCUT2D eigenvalue weighted by Crippen LogP contribution is -2.04. The minimum absolute atomic E-state index is 0.601. The number of hydrogen-bond acceptors (Lipinski definition) is 2. The van der Waals surface area contributed by atoms with Crippen molar-refractivity contribution in [2.45, 2.75) is 26.7 Å². The number of hydrogen-bond donors (Lipinski definition) is 1. The molecule has 1 aromatic rings. The Morgan fingerprint density at radius 3 is 2.81 bits per heavy atom. The van der Waals surface area contributed by atoms with Crippen molar-refractivity contribution >= 4 is 17.3 Å². The van der Waals surface area contributed by atoms with Crippen LogP contribution in [0.3, 0.4) is 0 Å². The lowest BCUT2D eigenvalue weighted by Gasteiger charge is -2.09. The highest BCUT2D eigenvalue weighted by molar-refractivity contribution is 6.30. The molecule has 0 saturated heterocycles. The Balaban J connectivity index is 2.51. The Bertz CT molecular complexity index is 380. The Hall–Kier alpha value is -1.20. The van der Waals surface area contributed by atoms with E-state index < -0.39 is 0 Å². The molecule has 0 spiro atoms. The van der Waals surface area contributed by atoms with Gasteiger partial charge in [-0.3, -0.25) is 0 Å². The predicted octanol–water partition coefficient (Wildman–Crippen LogP) is 4.06. The van der Waals surface area contributed by atoms with Gasteiger partial charge in [0.2, 0.25) is 0 Å². The fourth-order valence-corrected chi connectivity index (χ4v) is 1.67. The van der Waals surface area contributed by atoms with Crippen LogP contribution in [-0.4, -0.2) is 6.54 Å². The average Bonchev–Trinajstić information content (AvgIpc) is 2.25. The minimum atomic E-state index is 0.601. The molecule has 2 nitrogen and oxygen atoms in total. The van der Waals surface area contributed by atoms with Crippen molar-refractivity contribution in [1.29, 1.82) is 5.26 Å². The van der Waals surface area contributed by atoms with E-state index in [4.69, 9.17) is 16.9 Å². The summed E-state index contributed by atoms with van der Waals surface area (Å²) in [6.45, 7) is 5.32. The van der Waals surface area contributed by atoms with Crippen LogP contribution in [0.2, 0.25) is 5.02 Å². The van der Waals surface area contributed by atoms with Crippen LogP contribution in [0.5, 0.6) is 0 Å². The second-order valence-corrected chi connectivity index (χ2v) is 4.70. The van der Waals surface area contributed by atoms with E-state index in [0.29, 0.717) is 10.6 Å². The zero-order valence-electron chi connectivity index (χ0n) is 9.76. The third-order valence-corrected chi connectivity index (χ3v) is 2.61. The summed E-state index contributed by atoms with van der Waals surface area (Å²) in [4.78, 5) is 0. The molecule has 0 unspecified atom stereocenters. The number of nitrogens with zero attached hydrogens (tertiary/aromatic N) is 1. The summed E-state index contributed by atoms with van der Waals surface area (Å²) >= 11 is 5.82. The maximum absolute atomic E-state index is 8.94. The molecule has 0 radical (unpaired) electrons. The summed E-state index contributed by atoms with van der Waals surface area (Å²) in [6.07, 6.45) is 2.31. The highest BCUT2D eigenvalue weighted by Gasteiger charge is 2.02. The molecule has 0 aromatic heterocycles. The summed E-state index contributed by atoms with van der Waals surface area (Å²) in [5.74, 6) is 0.724. The molecule has 1 rings (SSSR count). The Kier molecular flexibility index (Phi) is 5.14. The topological polar surface area (TPSA) is 35.8 Å². The number of nitrogens with one attached hydrogen (secondary N) is 1. The van der Waals surface area contributed by atoms with Crippen molar-refractivity contribution in [3.05, 3.63) is 28.8 Å². The molecule has 0 heterocycles. The SMILES string of the molecule is CC(C)CCCNc1ccc(Cl)cc1C#N. The molecule has 0 aliphatic carbocycles. The predicted molar refractivity (Wildman–Crippen MR) is 68.7 cm³/mol. The maximum atomic E-state index is 8.94. The summed E-state index contributed by atoms with van der Waals surface area (Å²) in [5, 5.41) is 12.8. The zero-order valence-corrected chi connectivity index (χ0v) is 10.5. The van der Waals surface area contributed by atoms with Gasteiger partial charge in [0.15, 0.2) is 0 Å². The second-order valence-electron chi connectivity index (χ2n) is 4.26. The summed E-state index contributed by atoms with van der Waals surface area (Å²) < 4.78 is 0. The largest absolute Gasteiger partial charge is 0.384 e. The van der Waals surface area contributed by atoms with Crippen LogP contribution in [0.15, 0.2) is 18.2 Å². The van der Waals surface area contributed by atoms with Gasteiger partial charge in [-0.15, -0.1) is 0 Å². The molecule has 86 valence electrons. The molecule has 0 saturated carbocycles. The van der Waals surface area contributed by atoms with Crippen LogP contribution >= 0.6 is 11.6 Å². The van der Waals surface area contributed by atoms with Gasteiger partial charge in [-0.05, 0) is 37.0 Å². The lowest BCUT2D eigenvalue weighted by atomic mass is 10.1. The van der Waals surface area contributed by atoms with Crippen LogP contribution in [0.1, 0.15) is 32.3 Å². The molecule has 0 fully saturated rings. The molecular formula is C13H17ClN2. The molecule has 1 aromatic carbocycles. The van der Waals surface area contributed by atoms with E-state index in [0.717, 1.165) is 24.6 Å². The number of halogens is 1. The smallest absolute Gasteiger partial charge is 0.101 e. The fourth-order valence-electron chi connectivity index (χ4n) is 1.50. The number of anilines is 1. The van der Waals surface area contributed by atoms with Gasteiger partial charge in [-0.2, -0.15) is 5.26 Å². The first-order valence-corrected chi connectivity index (χ1v) is 5.95. The van der Waals surface area contributed by atoms with Crippen molar-refractivity contribution in [3.8, 4) is 6.07 Å². The molecule has 0 amide bonds. The number of nitriles is 1. The Morgan fingerprint density at radius 1 is 1.44 bits per heavy atom. The first-order valence-electron chi connectivity index (χ1n) is 5.57. The van der Waals surface area contributed by atoms with E-state index in [2.05, 4.69) is 25.2 Å². The standard InChI is InChI=1S/C13H17ClN2/c1-10(2)4-3-7-16-13-6-5-12(14)8-11(13)9-15/h5-6,8,10,16H,3-4,7H2,1-2H3. The van der Waals surface area contributed by atoms with Crippen LogP contribution < -0.4 is 5.32 Å². The molecule has 16 heavy (non-hydrogen) atoms. The van der Waals surface area contributed by atoms with E-state index in [1.165, 1.54) is 6.42 Å². The monoisotopic (exact) mass is 236 g/mol. The van der Waals surface area contributed by atoms with Gasteiger partial charge in [0.25, 0.3) is 0 Å². The number of benzene rings is 1. The molecule has 3 heteroatoms. The lowest BCUT2D eigenvalue weighted by molar-refractivity contribution is 0.567. The molecular weight excluding hydrogens is 220 g/mol. The normalized spacial score (nSPS) is 10.2. The van der Waals surface area contributed by atoms with Crippen LogP contribution in [-0.2, 0) is 0 Å². The molecule has 1 N–H and O–H groups in total. The molecule has 0 aliphatic rings. The summed E-state index contributed by atoms with van der Waals surface area (Å²) in [6, 6.07) is 7.48. The molecule has 0 aliphatic heterocycles. The Morgan fingerprint density at radius 2 is 2.19 bits per heavy atom. The van der Waals surface area contributed by atoms with Gasteiger partial charge in [0, 0.05) is 11.6 Å². The first kappa shape index (κ1) is 12.9. The van der Waals surface area contributed by atoms with Crippen molar-refractivity contribution in [1.82, 2.24) is 0 Å². The summed E-state index contributed by atoms with van der Waals surface area (Å²) in [7, 11) is 0. The van der Waals surface area contributed by atoms with Gasteiger partial charge in [-0.25, -0.2) is 0 Å². The Labute approximate surface area is 102 Å². The van der Waals surface area contributed by atoms with Crippen molar-refractivity contribution in [3.63, 3.8) is 0 Å². The first-order chi connectivity index (χ1) is 7.63. The highest BCUT2D eigenvalue weighted by Crippen LogP contribution is 2.19. The minimum Gasteiger partial charge on any atom is -0.384 e. The van der Waals surface area contributed by atoms with Crippen molar-refractivity contribution in [2.75, 3.05) is 11.9 Å². The quantitative estimate of drug-likeness (QED) is 0.783. The number of rotatable bonds is 5.